The molecule has 0 aliphatic carbocycles. The number of amides is 1. The molecule has 0 saturated carbocycles. The van der Waals surface area contributed by atoms with Crippen molar-refractivity contribution in [2.45, 2.75) is 20.8 Å². The van der Waals surface area contributed by atoms with Gasteiger partial charge in [-0.2, -0.15) is 4.98 Å². The number of imidazole rings is 1. The highest BCUT2D eigenvalue weighted by Crippen LogP contribution is 2.23. The minimum Gasteiger partial charge on any atom is -0.439 e. The maximum Gasteiger partial charge on any atom is 0.255 e. The maximum atomic E-state index is 12.4. The van der Waals surface area contributed by atoms with Crippen molar-refractivity contribution in [3.8, 4) is 17.4 Å². The molecular weight excluding hydrogens is 378 g/mol. The van der Waals surface area contributed by atoms with E-state index in [1.807, 2.05) is 49.7 Å². The van der Waals surface area contributed by atoms with Crippen LogP contribution in [0.1, 0.15) is 27.6 Å². The van der Waals surface area contributed by atoms with E-state index < -0.39 is 0 Å². The number of benzene rings is 2. The predicted molar refractivity (Wildman–Crippen MR) is 114 cm³/mol. The fraction of sp³-hybridized carbons (Fsp3) is 0.130. The maximum absolute atomic E-state index is 12.4. The molecule has 4 aromatic rings. The number of carbonyl (C=O) groups is 1. The number of nitrogens with zero attached hydrogens (tertiary/aromatic N) is 4. The number of carbonyl (C=O) groups excluding carboxylic acids is 1. The van der Waals surface area contributed by atoms with Crippen LogP contribution >= 0.6 is 0 Å². The summed E-state index contributed by atoms with van der Waals surface area (Å²) in [4.78, 5) is 25.4. The van der Waals surface area contributed by atoms with Crippen molar-refractivity contribution in [3.05, 3.63) is 89.8 Å². The van der Waals surface area contributed by atoms with Crippen molar-refractivity contribution in [3.63, 3.8) is 0 Å². The molecule has 1 N–H and O–H groups in total. The normalized spacial score (nSPS) is 10.6. The highest BCUT2D eigenvalue weighted by Gasteiger charge is 2.09. The Kier molecular flexibility index (Phi) is 5.26. The Bertz CT molecular complexity index is 1200. The summed E-state index contributed by atoms with van der Waals surface area (Å²) in [6.45, 7) is 5.67. The summed E-state index contributed by atoms with van der Waals surface area (Å²) < 4.78 is 7.77. The first-order chi connectivity index (χ1) is 14.5. The predicted octanol–water partition coefficient (Wildman–Crippen LogP) is 4.63. The molecule has 0 atom stereocenters. The molecule has 0 fully saturated rings. The van der Waals surface area contributed by atoms with Crippen molar-refractivity contribution in [1.29, 1.82) is 0 Å². The fourth-order valence-corrected chi connectivity index (χ4v) is 3.04. The van der Waals surface area contributed by atoms with E-state index in [1.165, 1.54) is 0 Å². The number of nitrogens with one attached hydrogen (secondary N) is 1. The Labute approximate surface area is 174 Å². The molecule has 0 aliphatic heterocycles. The molecule has 0 spiro atoms. The van der Waals surface area contributed by atoms with Crippen LogP contribution in [0.5, 0.6) is 11.6 Å². The number of ether oxygens (including phenoxy) is 1. The largest absolute Gasteiger partial charge is 0.439 e. The van der Waals surface area contributed by atoms with E-state index in [-0.39, 0.29) is 5.91 Å². The number of hydrogen-bond acceptors (Lipinski definition) is 5. The molecule has 7 nitrogen and oxygen atoms in total. The molecule has 0 saturated heterocycles. The Balaban J connectivity index is 1.48. The Morgan fingerprint density at radius 3 is 2.50 bits per heavy atom. The molecule has 1 amide bonds. The fourth-order valence-electron chi connectivity index (χ4n) is 3.04. The van der Waals surface area contributed by atoms with Crippen LogP contribution in [0.25, 0.3) is 5.82 Å². The van der Waals surface area contributed by atoms with Crippen LogP contribution in [0, 0.1) is 20.8 Å². The average Bonchev–Trinajstić information content (AvgIpc) is 3.15. The van der Waals surface area contributed by atoms with Crippen LogP contribution in [-0.2, 0) is 0 Å². The van der Waals surface area contributed by atoms with Gasteiger partial charge in [0.2, 0.25) is 5.88 Å². The van der Waals surface area contributed by atoms with Gasteiger partial charge in [0.15, 0.2) is 0 Å². The van der Waals surface area contributed by atoms with E-state index in [2.05, 4.69) is 20.3 Å². The van der Waals surface area contributed by atoms with Gasteiger partial charge in [0, 0.05) is 29.7 Å². The van der Waals surface area contributed by atoms with Crippen LogP contribution in [0.15, 0.2) is 67.0 Å². The third kappa shape index (κ3) is 4.35. The smallest absolute Gasteiger partial charge is 0.255 e. The summed E-state index contributed by atoms with van der Waals surface area (Å²) in [6.07, 6.45) is 3.56. The van der Waals surface area contributed by atoms with E-state index >= 15 is 0 Å². The first-order valence-electron chi connectivity index (χ1n) is 9.50. The summed E-state index contributed by atoms with van der Waals surface area (Å²) in [5.74, 6) is 3.00. The Hall–Kier alpha value is -4.00. The highest BCUT2D eigenvalue weighted by molar-refractivity contribution is 6.04. The topological polar surface area (TPSA) is 81.9 Å². The molecule has 0 bridgehead atoms. The van der Waals surface area contributed by atoms with Crippen molar-refractivity contribution in [1.82, 2.24) is 19.5 Å². The molecule has 0 radical (unpaired) electrons. The summed E-state index contributed by atoms with van der Waals surface area (Å²) in [7, 11) is 0. The molecule has 4 rings (SSSR count). The van der Waals surface area contributed by atoms with Crippen molar-refractivity contribution in [2.24, 2.45) is 0 Å². The van der Waals surface area contributed by atoms with Crippen molar-refractivity contribution < 1.29 is 9.53 Å². The SMILES string of the molecule is Cc1cccc(C(=O)Nc2ccc(Oc3cc(-n4ccnc4C)nc(C)n3)cc2)c1. The minimum atomic E-state index is -0.154. The number of hydrogen-bond donors (Lipinski definition) is 1. The second-order valence-corrected chi connectivity index (χ2v) is 6.91. The molecule has 150 valence electrons. The monoisotopic (exact) mass is 399 g/mol. The lowest BCUT2D eigenvalue weighted by atomic mass is 10.1. The zero-order valence-electron chi connectivity index (χ0n) is 17.0. The van der Waals surface area contributed by atoms with Gasteiger partial charge in [-0.05, 0) is 57.2 Å². The van der Waals surface area contributed by atoms with E-state index in [9.17, 15) is 4.79 Å². The molecule has 0 unspecified atom stereocenters. The third-order valence-corrected chi connectivity index (χ3v) is 4.49. The van der Waals surface area contributed by atoms with Crippen LogP contribution in [0.3, 0.4) is 0 Å². The molecule has 0 aliphatic rings. The summed E-state index contributed by atoms with van der Waals surface area (Å²) in [6, 6.07) is 16.4. The second kappa shape index (κ2) is 8.16. The van der Waals surface area contributed by atoms with Gasteiger partial charge in [-0.3, -0.25) is 9.36 Å². The highest BCUT2D eigenvalue weighted by atomic mass is 16.5. The van der Waals surface area contributed by atoms with Gasteiger partial charge in [0.05, 0.1) is 0 Å². The van der Waals surface area contributed by atoms with Gasteiger partial charge in [-0.1, -0.05) is 17.7 Å². The van der Waals surface area contributed by atoms with E-state index in [0.29, 0.717) is 34.5 Å². The van der Waals surface area contributed by atoms with Gasteiger partial charge in [-0.15, -0.1) is 0 Å². The van der Waals surface area contributed by atoms with Crippen LogP contribution in [-0.4, -0.2) is 25.4 Å². The Morgan fingerprint density at radius 2 is 1.80 bits per heavy atom. The minimum absolute atomic E-state index is 0.154. The molecule has 2 aromatic heterocycles. The van der Waals surface area contributed by atoms with Crippen molar-refractivity contribution in [2.75, 3.05) is 5.32 Å². The number of aryl methyl sites for hydroxylation is 3. The zero-order chi connectivity index (χ0) is 21.1. The molecule has 7 heteroatoms. The summed E-state index contributed by atoms with van der Waals surface area (Å²) in [5, 5.41) is 2.89. The molecule has 2 heterocycles. The van der Waals surface area contributed by atoms with Crippen molar-refractivity contribution >= 4 is 11.6 Å². The Morgan fingerprint density at radius 1 is 1.00 bits per heavy atom. The lowest BCUT2D eigenvalue weighted by molar-refractivity contribution is 0.102. The van der Waals surface area contributed by atoms with Gasteiger partial charge < -0.3 is 10.1 Å². The summed E-state index contributed by atoms with van der Waals surface area (Å²) in [5.41, 5.74) is 2.34. The van der Waals surface area contributed by atoms with Crippen LogP contribution < -0.4 is 10.1 Å². The number of aromatic nitrogens is 4. The zero-order valence-corrected chi connectivity index (χ0v) is 17.0. The average molecular weight is 399 g/mol. The lowest BCUT2D eigenvalue weighted by Crippen LogP contribution is -2.11. The third-order valence-electron chi connectivity index (χ3n) is 4.49. The van der Waals surface area contributed by atoms with E-state index in [0.717, 1.165) is 11.4 Å². The standard InChI is InChI=1S/C23H21N5O2/c1-15-5-4-6-18(13-15)23(29)27-19-7-9-20(10-8-19)30-22-14-21(25-16(2)26-22)28-12-11-24-17(28)3/h4-14H,1-3H3,(H,27,29). The first-order valence-corrected chi connectivity index (χ1v) is 9.50. The number of anilines is 1. The van der Waals surface area contributed by atoms with Crippen LogP contribution in [0.2, 0.25) is 0 Å². The summed E-state index contributed by atoms with van der Waals surface area (Å²) >= 11 is 0. The number of rotatable bonds is 5. The molecule has 30 heavy (non-hydrogen) atoms. The van der Waals surface area contributed by atoms with Crippen LogP contribution in [0.4, 0.5) is 5.69 Å². The van der Waals surface area contributed by atoms with Gasteiger partial charge in [0.25, 0.3) is 5.91 Å². The second-order valence-electron chi connectivity index (χ2n) is 6.91. The first kappa shape index (κ1) is 19.3. The quantitative estimate of drug-likeness (QED) is 0.529. The van der Waals surface area contributed by atoms with E-state index in [1.54, 1.807) is 42.6 Å². The van der Waals surface area contributed by atoms with Gasteiger partial charge in [0.1, 0.15) is 23.2 Å². The molecule has 2 aromatic carbocycles. The van der Waals surface area contributed by atoms with E-state index in [4.69, 9.17) is 4.74 Å². The van der Waals surface area contributed by atoms with Gasteiger partial charge in [-0.25, -0.2) is 9.97 Å². The lowest BCUT2D eigenvalue weighted by Gasteiger charge is -2.10. The van der Waals surface area contributed by atoms with Gasteiger partial charge >= 0.3 is 0 Å². The molecular formula is C23H21N5O2.